The van der Waals surface area contributed by atoms with Crippen LogP contribution in [-0.2, 0) is 19.9 Å². The number of ketones is 1. The van der Waals surface area contributed by atoms with Gasteiger partial charge in [0.2, 0.25) is 0 Å². The van der Waals surface area contributed by atoms with E-state index >= 15 is 0 Å². The molecule has 6 nitrogen and oxygen atoms in total. The van der Waals surface area contributed by atoms with Crippen molar-refractivity contribution in [2.75, 3.05) is 7.05 Å². The fraction of sp³-hybridized carbons (Fsp3) is 0.200. The number of hydrogen-bond acceptors (Lipinski definition) is 4. The van der Waals surface area contributed by atoms with E-state index in [1.807, 2.05) is 36.4 Å². The highest BCUT2D eigenvalue weighted by Crippen LogP contribution is 2.14. The third-order valence-electron chi connectivity index (χ3n) is 4.15. The van der Waals surface area contributed by atoms with Crippen LogP contribution in [0.25, 0.3) is 0 Å². The number of amides is 1. The van der Waals surface area contributed by atoms with Crippen LogP contribution in [0.15, 0.2) is 54.7 Å². The first-order valence-corrected chi connectivity index (χ1v) is 8.34. The Morgan fingerprint density at radius 2 is 1.88 bits per heavy atom. The van der Waals surface area contributed by atoms with Crippen molar-refractivity contribution >= 4 is 11.7 Å². The van der Waals surface area contributed by atoms with Gasteiger partial charge < -0.3 is 5.32 Å². The van der Waals surface area contributed by atoms with Gasteiger partial charge in [-0.25, -0.2) is 4.98 Å². The van der Waals surface area contributed by atoms with Gasteiger partial charge in [-0.05, 0) is 23.8 Å². The maximum Gasteiger partial charge on any atom is 0.269 e. The summed E-state index contributed by atoms with van der Waals surface area (Å²) >= 11 is 0. The fourth-order valence-electron chi connectivity index (χ4n) is 2.73. The Morgan fingerprint density at radius 3 is 2.54 bits per heavy atom. The molecule has 1 aromatic carbocycles. The first-order chi connectivity index (χ1) is 12.6. The summed E-state index contributed by atoms with van der Waals surface area (Å²) in [5.41, 5.74) is 3.29. The summed E-state index contributed by atoms with van der Waals surface area (Å²) in [6.07, 6.45) is 2.43. The summed E-state index contributed by atoms with van der Waals surface area (Å²) in [6.45, 7) is 0. The largest absolute Gasteiger partial charge is 0.354 e. The topological polar surface area (TPSA) is 76.9 Å². The van der Waals surface area contributed by atoms with Gasteiger partial charge in [-0.15, -0.1) is 0 Å². The number of aryl methyl sites for hydroxylation is 1. The van der Waals surface area contributed by atoms with E-state index in [4.69, 9.17) is 0 Å². The summed E-state index contributed by atoms with van der Waals surface area (Å²) in [5, 5.41) is 6.65. The summed E-state index contributed by atoms with van der Waals surface area (Å²) in [5.74, 6) is -0.384. The predicted octanol–water partition coefficient (Wildman–Crippen LogP) is 2.19. The fourth-order valence-corrected chi connectivity index (χ4v) is 2.73. The SMILES string of the molecule is CNC(=O)c1cc(C(=O)Cc2ccnn2C)cc(Cc2ccccc2)n1. The van der Waals surface area contributed by atoms with Crippen LogP contribution >= 0.6 is 0 Å². The lowest BCUT2D eigenvalue weighted by Gasteiger charge is -2.09. The van der Waals surface area contributed by atoms with Gasteiger partial charge in [0.15, 0.2) is 5.78 Å². The number of rotatable bonds is 6. The van der Waals surface area contributed by atoms with Crippen molar-refractivity contribution < 1.29 is 9.59 Å². The van der Waals surface area contributed by atoms with E-state index in [1.165, 1.54) is 0 Å². The number of nitrogens with zero attached hydrogens (tertiary/aromatic N) is 3. The Hall–Kier alpha value is -3.28. The Balaban J connectivity index is 1.93. The summed E-state index contributed by atoms with van der Waals surface area (Å²) < 4.78 is 1.67. The van der Waals surface area contributed by atoms with Gasteiger partial charge in [-0.1, -0.05) is 30.3 Å². The van der Waals surface area contributed by atoms with Crippen LogP contribution in [0.4, 0.5) is 0 Å². The molecule has 1 N–H and O–H groups in total. The van der Waals surface area contributed by atoms with Gasteiger partial charge in [-0.3, -0.25) is 14.3 Å². The lowest BCUT2D eigenvalue weighted by atomic mass is 10.0. The molecule has 0 aliphatic carbocycles. The molecule has 0 spiro atoms. The molecular formula is C20H20N4O2. The number of carbonyl (C=O) groups excluding carboxylic acids is 2. The van der Waals surface area contributed by atoms with E-state index in [2.05, 4.69) is 15.4 Å². The number of benzene rings is 1. The number of carbonyl (C=O) groups is 2. The van der Waals surface area contributed by atoms with Gasteiger partial charge in [0, 0.05) is 43.7 Å². The zero-order valence-corrected chi connectivity index (χ0v) is 14.8. The van der Waals surface area contributed by atoms with Gasteiger partial charge in [0.25, 0.3) is 5.91 Å². The van der Waals surface area contributed by atoms with Crippen molar-refractivity contribution in [3.05, 3.63) is 82.9 Å². The van der Waals surface area contributed by atoms with Gasteiger partial charge >= 0.3 is 0 Å². The average Bonchev–Trinajstić information content (AvgIpc) is 3.06. The van der Waals surface area contributed by atoms with Gasteiger partial charge in [0.05, 0.1) is 6.42 Å². The van der Waals surface area contributed by atoms with Crippen LogP contribution in [-0.4, -0.2) is 33.5 Å². The van der Waals surface area contributed by atoms with E-state index in [-0.39, 0.29) is 23.8 Å². The number of nitrogens with one attached hydrogen (secondary N) is 1. The normalized spacial score (nSPS) is 10.5. The van der Waals surface area contributed by atoms with Crippen LogP contribution in [0, 0.1) is 0 Å². The minimum Gasteiger partial charge on any atom is -0.354 e. The molecule has 0 unspecified atom stereocenters. The molecule has 3 rings (SSSR count). The van der Waals surface area contributed by atoms with Crippen LogP contribution in [0.2, 0.25) is 0 Å². The summed E-state index contributed by atoms with van der Waals surface area (Å²) in [4.78, 5) is 29.2. The molecule has 0 atom stereocenters. The van der Waals surface area contributed by atoms with E-state index < -0.39 is 0 Å². The average molecular weight is 348 g/mol. The second-order valence-electron chi connectivity index (χ2n) is 6.02. The molecule has 132 valence electrons. The number of aromatic nitrogens is 3. The first-order valence-electron chi connectivity index (χ1n) is 8.34. The van der Waals surface area contributed by atoms with E-state index in [1.54, 1.807) is 37.1 Å². The highest BCUT2D eigenvalue weighted by atomic mass is 16.1. The van der Waals surface area contributed by atoms with Crippen molar-refractivity contribution in [3.63, 3.8) is 0 Å². The molecule has 0 bridgehead atoms. The zero-order chi connectivity index (χ0) is 18.5. The summed E-state index contributed by atoms with van der Waals surface area (Å²) in [7, 11) is 3.34. The molecule has 2 heterocycles. The molecule has 0 aliphatic rings. The van der Waals surface area contributed by atoms with E-state index in [0.717, 1.165) is 11.3 Å². The van der Waals surface area contributed by atoms with Crippen molar-refractivity contribution in [1.29, 1.82) is 0 Å². The lowest BCUT2D eigenvalue weighted by Crippen LogP contribution is -2.21. The third-order valence-corrected chi connectivity index (χ3v) is 4.15. The molecule has 1 amide bonds. The second kappa shape index (κ2) is 7.74. The molecule has 0 saturated heterocycles. The van der Waals surface area contributed by atoms with Crippen molar-refractivity contribution in [2.24, 2.45) is 7.05 Å². The van der Waals surface area contributed by atoms with Crippen LogP contribution in [0.5, 0.6) is 0 Å². The molecule has 0 saturated carbocycles. The maximum absolute atomic E-state index is 12.7. The van der Waals surface area contributed by atoms with E-state index in [9.17, 15) is 9.59 Å². The number of Topliss-reactive ketones (excluding diaryl/α,β-unsaturated/α-hetero) is 1. The minimum absolute atomic E-state index is 0.0736. The summed E-state index contributed by atoms with van der Waals surface area (Å²) in [6, 6.07) is 14.9. The second-order valence-corrected chi connectivity index (χ2v) is 6.02. The Kier molecular flexibility index (Phi) is 5.22. The molecule has 3 aromatic rings. The molecule has 0 aliphatic heterocycles. The van der Waals surface area contributed by atoms with E-state index in [0.29, 0.717) is 17.7 Å². The number of hydrogen-bond donors (Lipinski definition) is 1. The highest BCUT2D eigenvalue weighted by molar-refractivity contribution is 6.00. The van der Waals surface area contributed by atoms with Gasteiger partial charge in [0.1, 0.15) is 5.69 Å². The molecule has 26 heavy (non-hydrogen) atoms. The third kappa shape index (κ3) is 4.03. The maximum atomic E-state index is 12.7. The molecule has 6 heteroatoms. The van der Waals surface area contributed by atoms with Crippen LogP contribution in [0.1, 0.15) is 37.8 Å². The van der Waals surface area contributed by atoms with Crippen LogP contribution < -0.4 is 5.32 Å². The number of pyridine rings is 1. The zero-order valence-electron chi connectivity index (χ0n) is 14.8. The highest BCUT2D eigenvalue weighted by Gasteiger charge is 2.15. The molecule has 0 fully saturated rings. The minimum atomic E-state index is -0.311. The quantitative estimate of drug-likeness (QED) is 0.693. The Bertz CT molecular complexity index is 932. The van der Waals surface area contributed by atoms with Crippen LogP contribution in [0.3, 0.4) is 0 Å². The molecular weight excluding hydrogens is 328 g/mol. The van der Waals surface area contributed by atoms with Gasteiger partial charge in [-0.2, -0.15) is 5.10 Å². The smallest absolute Gasteiger partial charge is 0.269 e. The molecule has 0 radical (unpaired) electrons. The monoisotopic (exact) mass is 348 g/mol. The van der Waals surface area contributed by atoms with Crippen molar-refractivity contribution in [1.82, 2.24) is 20.1 Å². The standard InChI is InChI=1S/C20H20N4O2/c1-21-20(26)18-12-15(19(25)13-17-8-9-22-24(17)2)11-16(23-18)10-14-6-4-3-5-7-14/h3-9,11-12H,10,13H2,1-2H3,(H,21,26). The van der Waals surface area contributed by atoms with Crippen molar-refractivity contribution in [2.45, 2.75) is 12.8 Å². The lowest BCUT2D eigenvalue weighted by molar-refractivity contribution is 0.0958. The van der Waals surface area contributed by atoms with Crippen molar-refractivity contribution in [3.8, 4) is 0 Å². The molecule has 2 aromatic heterocycles. The predicted molar refractivity (Wildman–Crippen MR) is 98.1 cm³/mol. The Morgan fingerprint density at radius 1 is 1.12 bits per heavy atom. The Labute approximate surface area is 151 Å². The first kappa shape index (κ1) is 17.5.